The van der Waals surface area contributed by atoms with Gasteiger partial charge in [0.25, 0.3) is 10.2 Å². The first-order valence-corrected chi connectivity index (χ1v) is 11.1. The first-order chi connectivity index (χ1) is 11.1. The van der Waals surface area contributed by atoms with Gasteiger partial charge in [0.2, 0.25) is 0 Å². The van der Waals surface area contributed by atoms with E-state index in [0.717, 1.165) is 30.7 Å². The molecule has 4 N–H and O–H groups in total. The van der Waals surface area contributed by atoms with Gasteiger partial charge in [-0.05, 0) is 80.1 Å². The highest BCUT2D eigenvalue weighted by molar-refractivity contribution is 7.87. The molecule has 0 aliphatic heterocycles. The van der Waals surface area contributed by atoms with Crippen LogP contribution in [0.5, 0.6) is 0 Å². The lowest BCUT2D eigenvalue weighted by atomic mass is 9.46. The van der Waals surface area contributed by atoms with Gasteiger partial charge in [-0.1, -0.05) is 20.8 Å². The van der Waals surface area contributed by atoms with E-state index in [4.69, 9.17) is 5.14 Å². The van der Waals surface area contributed by atoms with Crippen molar-refractivity contribution in [3.05, 3.63) is 0 Å². The minimum absolute atomic E-state index is 0.421. The molecule has 4 fully saturated rings. The highest BCUT2D eigenvalue weighted by atomic mass is 32.2. The number of nitrogens with one attached hydrogen (secondary N) is 2. The summed E-state index contributed by atoms with van der Waals surface area (Å²) in [5, 5.41) is 8.72. The number of nitrogens with two attached hydrogens (primary N) is 1. The van der Waals surface area contributed by atoms with Crippen LogP contribution in [-0.4, -0.2) is 27.5 Å². The highest BCUT2D eigenvalue weighted by Gasteiger charge is 2.55. The molecule has 0 aromatic heterocycles. The van der Waals surface area contributed by atoms with Crippen LogP contribution in [0, 0.1) is 28.6 Å². The van der Waals surface area contributed by atoms with Crippen LogP contribution < -0.4 is 15.2 Å². The van der Waals surface area contributed by atoms with Crippen LogP contribution in [-0.2, 0) is 10.2 Å². The lowest BCUT2D eigenvalue weighted by Crippen LogP contribution is -2.59. The van der Waals surface area contributed by atoms with Crippen molar-refractivity contribution in [3.63, 3.8) is 0 Å². The number of rotatable bonds is 7. The second-order valence-electron chi connectivity index (χ2n) is 9.98. The Balaban J connectivity index is 1.52. The molecule has 4 bridgehead atoms. The zero-order valence-electron chi connectivity index (χ0n) is 15.5. The zero-order chi connectivity index (χ0) is 17.6. The van der Waals surface area contributed by atoms with Crippen molar-refractivity contribution in [2.45, 2.75) is 71.8 Å². The quantitative estimate of drug-likeness (QED) is 0.612. The Hall–Kier alpha value is -0.170. The Bertz CT molecular complexity index is 539. The van der Waals surface area contributed by atoms with Crippen LogP contribution in [0.3, 0.4) is 0 Å². The summed E-state index contributed by atoms with van der Waals surface area (Å²) in [6.45, 7) is 8.46. The Morgan fingerprint density at radius 1 is 1.08 bits per heavy atom. The van der Waals surface area contributed by atoms with Crippen LogP contribution in [0.4, 0.5) is 0 Å². The van der Waals surface area contributed by atoms with Gasteiger partial charge in [-0.25, -0.2) is 9.86 Å². The molecule has 6 heteroatoms. The van der Waals surface area contributed by atoms with Crippen LogP contribution in [0.25, 0.3) is 0 Å². The second-order valence-corrected chi connectivity index (χ2v) is 11.4. The Morgan fingerprint density at radius 2 is 1.71 bits per heavy atom. The molecule has 24 heavy (non-hydrogen) atoms. The van der Waals surface area contributed by atoms with E-state index in [2.05, 4.69) is 30.8 Å². The fraction of sp³-hybridized carbons (Fsp3) is 1.00. The lowest BCUT2D eigenvalue weighted by molar-refractivity contribution is -0.0928. The maximum absolute atomic E-state index is 10.9. The van der Waals surface area contributed by atoms with E-state index in [-0.39, 0.29) is 0 Å². The third kappa shape index (κ3) is 4.51. The van der Waals surface area contributed by atoms with E-state index >= 15 is 0 Å². The molecule has 2 atom stereocenters. The fourth-order valence-corrected chi connectivity index (χ4v) is 6.87. The van der Waals surface area contributed by atoms with E-state index < -0.39 is 10.2 Å². The van der Waals surface area contributed by atoms with E-state index in [1.54, 1.807) is 0 Å². The van der Waals surface area contributed by atoms with Gasteiger partial charge < -0.3 is 5.32 Å². The molecule has 4 saturated carbocycles. The van der Waals surface area contributed by atoms with Crippen molar-refractivity contribution < 1.29 is 8.42 Å². The molecule has 0 saturated heterocycles. The summed E-state index contributed by atoms with van der Waals surface area (Å²) in [5.41, 5.74) is 1.02. The Morgan fingerprint density at radius 3 is 2.25 bits per heavy atom. The summed E-state index contributed by atoms with van der Waals surface area (Å²) in [6, 6.07) is 0.643. The lowest BCUT2D eigenvalue weighted by Gasteiger charge is -2.61. The van der Waals surface area contributed by atoms with Crippen molar-refractivity contribution in [3.8, 4) is 0 Å². The van der Waals surface area contributed by atoms with Gasteiger partial charge in [0.05, 0.1) is 0 Å². The molecule has 5 nitrogen and oxygen atoms in total. The van der Waals surface area contributed by atoms with Crippen molar-refractivity contribution in [1.29, 1.82) is 0 Å². The van der Waals surface area contributed by atoms with Crippen LogP contribution in [0.15, 0.2) is 0 Å². The van der Waals surface area contributed by atoms with Crippen molar-refractivity contribution >= 4 is 10.2 Å². The predicted octanol–water partition coefficient (Wildman–Crippen LogP) is 2.39. The van der Waals surface area contributed by atoms with E-state index in [1.807, 2.05) is 0 Å². The van der Waals surface area contributed by atoms with Gasteiger partial charge in [-0.2, -0.15) is 8.42 Å². The van der Waals surface area contributed by atoms with Gasteiger partial charge in [-0.15, -0.1) is 0 Å². The van der Waals surface area contributed by atoms with Gasteiger partial charge in [0.1, 0.15) is 0 Å². The molecular weight excluding hydrogens is 322 g/mol. The summed E-state index contributed by atoms with van der Waals surface area (Å²) in [6.07, 6.45) is 9.21. The summed E-state index contributed by atoms with van der Waals surface area (Å²) in [7, 11) is -3.55. The van der Waals surface area contributed by atoms with Crippen LogP contribution in [0.1, 0.15) is 65.7 Å². The normalized spacial score (nSPS) is 38.7. The molecule has 4 rings (SSSR count). The summed E-state index contributed by atoms with van der Waals surface area (Å²) < 4.78 is 24.2. The predicted molar refractivity (Wildman–Crippen MR) is 97.6 cm³/mol. The molecule has 0 radical (unpaired) electrons. The third-order valence-electron chi connectivity index (χ3n) is 6.34. The van der Waals surface area contributed by atoms with Crippen LogP contribution in [0.2, 0.25) is 0 Å². The molecule has 4 aliphatic carbocycles. The molecule has 0 heterocycles. The molecule has 0 spiro atoms. The van der Waals surface area contributed by atoms with Gasteiger partial charge in [0.15, 0.2) is 0 Å². The molecule has 0 aromatic carbocycles. The average molecular weight is 358 g/mol. The summed E-state index contributed by atoms with van der Waals surface area (Å²) in [5.74, 6) is 2.60. The first kappa shape index (κ1) is 18.6. The zero-order valence-corrected chi connectivity index (χ0v) is 16.3. The maximum Gasteiger partial charge on any atom is 0.274 e. The molecule has 4 aliphatic rings. The van der Waals surface area contributed by atoms with Crippen LogP contribution >= 0.6 is 0 Å². The maximum atomic E-state index is 10.9. The molecular formula is C18H35N3O2S. The van der Waals surface area contributed by atoms with E-state index in [9.17, 15) is 8.42 Å². The molecule has 2 unspecified atom stereocenters. The monoisotopic (exact) mass is 357 g/mol. The van der Waals surface area contributed by atoms with E-state index in [0.29, 0.717) is 23.4 Å². The van der Waals surface area contributed by atoms with Crippen molar-refractivity contribution in [1.82, 2.24) is 10.0 Å². The third-order valence-corrected chi connectivity index (χ3v) is 6.95. The second kappa shape index (κ2) is 6.53. The molecule has 140 valence electrons. The Kier molecular flexibility index (Phi) is 5.06. The minimum atomic E-state index is -3.55. The fourth-order valence-electron chi connectivity index (χ4n) is 6.44. The van der Waals surface area contributed by atoms with Gasteiger partial charge >= 0.3 is 0 Å². The smallest absolute Gasteiger partial charge is 0.274 e. The first-order valence-electron chi connectivity index (χ1n) is 9.56. The standard InChI is InChI=1S/C18H35N3O2S/c1-17(2,3)12-18-9-13-7-14(10-18)16(15(8-13)11-18)20-5-4-6-21-24(19,22)23/h13-16,20-21H,4-12H2,1-3H3,(H2,19,22,23). The van der Waals surface area contributed by atoms with Crippen molar-refractivity contribution in [2.75, 3.05) is 13.1 Å². The molecule has 0 amide bonds. The van der Waals surface area contributed by atoms with Gasteiger partial charge in [0, 0.05) is 12.6 Å². The molecule has 0 aromatic rings. The van der Waals surface area contributed by atoms with E-state index in [1.165, 1.54) is 38.5 Å². The van der Waals surface area contributed by atoms with Gasteiger partial charge in [-0.3, -0.25) is 0 Å². The summed E-state index contributed by atoms with van der Waals surface area (Å²) >= 11 is 0. The summed E-state index contributed by atoms with van der Waals surface area (Å²) in [4.78, 5) is 0. The largest absolute Gasteiger partial charge is 0.313 e. The number of hydrogen-bond donors (Lipinski definition) is 3. The SMILES string of the molecule is CC(C)(C)CC12CC3CC(C1)C(NCCCNS(N)(=O)=O)C(C3)C2. The topological polar surface area (TPSA) is 84.2 Å². The van der Waals surface area contributed by atoms with Crippen molar-refractivity contribution in [2.24, 2.45) is 33.7 Å². The minimum Gasteiger partial charge on any atom is -0.313 e. The average Bonchev–Trinajstić information content (AvgIpc) is 2.36. The highest BCUT2D eigenvalue weighted by Crippen LogP contribution is 2.62. The Labute approximate surface area is 147 Å². The number of hydrogen-bond acceptors (Lipinski definition) is 3.